The molecule has 3 rings (SSSR count). The standard InChI is InChI=1S/C19H25ClF3N3O2/c1-2-28-18(27)13-8-15(19(21,22)23)14(16(20)17(13)24)11-26-7-6-25-5-3-4-12(9-25)10-26/h8,12H,2-7,9-11,24H2,1H3/t12-/m1/s1. The molecule has 0 amide bonds. The Morgan fingerprint density at radius 2 is 2.07 bits per heavy atom. The van der Waals surface area contributed by atoms with Crippen molar-refractivity contribution >= 4 is 23.3 Å². The summed E-state index contributed by atoms with van der Waals surface area (Å²) in [6.07, 6.45) is -2.45. The van der Waals surface area contributed by atoms with Gasteiger partial charge in [0.2, 0.25) is 0 Å². The zero-order valence-corrected chi connectivity index (χ0v) is 16.6. The lowest BCUT2D eigenvalue weighted by Gasteiger charge is -2.29. The van der Waals surface area contributed by atoms with Crippen LogP contribution in [0.25, 0.3) is 0 Å². The Bertz CT molecular complexity index is 742. The van der Waals surface area contributed by atoms with Crippen molar-refractivity contribution in [2.45, 2.75) is 32.5 Å². The quantitative estimate of drug-likeness (QED) is 0.596. The van der Waals surface area contributed by atoms with E-state index < -0.39 is 17.7 Å². The lowest BCUT2D eigenvalue weighted by atomic mass is 9.97. The molecule has 0 spiro atoms. The highest BCUT2D eigenvalue weighted by Crippen LogP contribution is 2.40. The van der Waals surface area contributed by atoms with Crippen molar-refractivity contribution in [2.24, 2.45) is 5.92 Å². The molecule has 0 saturated carbocycles. The van der Waals surface area contributed by atoms with E-state index in [-0.39, 0.29) is 35.0 Å². The summed E-state index contributed by atoms with van der Waals surface area (Å²) in [6, 6.07) is 0.772. The Morgan fingerprint density at radius 1 is 1.32 bits per heavy atom. The minimum absolute atomic E-state index is 0.0324. The molecule has 2 fully saturated rings. The maximum absolute atomic E-state index is 13.8. The van der Waals surface area contributed by atoms with Gasteiger partial charge < -0.3 is 15.4 Å². The Morgan fingerprint density at radius 3 is 2.75 bits per heavy atom. The molecule has 1 aromatic carbocycles. The highest BCUT2D eigenvalue weighted by molar-refractivity contribution is 6.34. The summed E-state index contributed by atoms with van der Waals surface area (Å²) in [7, 11) is 0. The van der Waals surface area contributed by atoms with E-state index in [0.717, 1.165) is 45.1 Å². The first-order chi connectivity index (χ1) is 13.2. The van der Waals surface area contributed by atoms with E-state index in [4.69, 9.17) is 22.1 Å². The summed E-state index contributed by atoms with van der Waals surface area (Å²) in [5.41, 5.74) is 4.40. The van der Waals surface area contributed by atoms with Crippen molar-refractivity contribution in [2.75, 3.05) is 45.1 Å². The van der Waals surface area contributed by atoms with E-state index in [1.54, 1.807) is 6.92 Å². The zero-order valence-electron chi connectivity index (χ0n) is 15.8. The van der Waals surface area contributed by atoms with E-state index in [9.17, 15) is 18.0 Å². The van der Waals surface area contributed by atoms with Crippen LogP contribution in [0.4, 0.5) is 18.9 Å². The van der Waals surface area contributed by atoms with Gasteiger partial charge in [-0.05, 0) is 43.9 Å². The zero-order chi connectivity index (χ0) is 20.5. The van der Waals surface area contributed by atoms with E-state index in [1.807, 2.05) is 4.90 Å². The number of benzene rings is 1. The summed E-state index contributed by atoms with van der Waals surface area (Å²) in [4.78, 5) is 16.4. The number of nitrogens with zero attached hydrogens (tertiary/aromatic N) is 2. The van der Waals surface area contributed by atoms with Crippen LogP contribution in [0.2, 0.25) is 5.02 Å². The molecule has 2 bridgehead atoms. The van der Waals surface area contributed by atoms with E-state index >= 15 is 0 Å². The number of halogens is 4. The van der Waals surface area contributed by atoms with Crippen LogP contribution < -0.4 is 5.73 Å². The van der Waals surface area contributed by atoms with Gasteiger partial charge in [-0.3, -0.25) is 4.90 Å². The van der Waals surface area contributed by atoms with E-state index in [0.29, 0.717) is 12.5 Å². The predicted octanol–water partition coefficient (Wildman–Crippen LogP) is 3.65. The van der Waals surface area contributed by atoms with Crippen LogP contribution in [0.15, 0.2) is 6.07 Å². The maximum atomic E-state index is 13.8. The maximum Gasteiger partial charge on any atom is 0.416 e. The molecule has 2 N–H and O–H groups in total. The smallest absolute Gasteiger partial charge is 0.416 e. The number of nitrogens with two attached hydrogens (primary N) is 1. The van der Waals surface area contributed by atoms with Gasteiger partial charge in [-0.15, -0.1) is 0 Å². The van der Waals surface area contributed by atoms with Gasteiger partial charge >= 0.3 is 12.1 Å². The molecule has 1 unspecified atom stereocenters. The normalized spacial score (nSPS) is 23.3. The first-order valence-corrected chi connectivity index (χ1v) is 9.88. The Labute approximate surface area is 167 Å². The van der Waals surface area contributed by atoms with Crippen molar-refractivity contribution in [3.8, 4) is 0 Å². The number of hydrogen-bond acceptors (Lipinski definition) is 5. The second kappa shape index (κ2) is 8.47. The number of hydrogen-bond donors (Lipinski definition) is 1. The molecule has 2 heterocycles. The van der Waals surface area contributed by atoms with Crippen molar-refractivity contribution < 1.29 is 22.7 Å². The van der Waals surface area contributed by atoms with Crippen LogP contribution in [0.5, 0.6) is 0 Å². The summed E-state index contributed by atoms with van der Waals surface area (Å²) in [6.45, 7) is 5.90. The second-order valence-electron chi connectivity index (χ2n) is 7.44. The number of carbonyl (C=O) groups excluding carboxylic acids is 1. The van der Waals surface area contributed by atoms with Crippen molar-refractivity contribution in [1.29, 1.82) is 0 Å². The Balaban J connectivity index is 1.95. The third kappa shape index (κ3) is 4.55. The van der Waals surface area contributed by atoms with E-state index in [1.165, 1.54) is 0 Å². The second-order valence-corrected chi connectivity index (χ2v) is 7.82. The molecule has 156 valence electrons. The van der Waals surface area contributed by atoms with Crippen LogP contribution >= 0.6 is 11.6 Å². The SMILES string of the molecule is CCOC(=O)c1cc(C(F)(F)F)c(CN2CCN3CCC[C@H](C3)C2)c(Cl)c1N. The molecule has 2 aliphatic rings. The number of anilines is 1. The number of alkyl halides is 3. The molecule has 0 radical (unpaired) electrons. The molecule has 1 aromatic rings. The molecular formula is C19H25ClF3N3O2. The van der Waals surface area contributed by atoms with Crippen LogP contribution in [0, 0.1) is 5.92 Å². The number of rotatable bonds is 4. The fourth-order valence-corrected chi connectivity index (χ4v) is 4.37. The summed E-state index contributed by atoms with van der Waals surface area (Å²) in [5.74, 6) is -0.462. The Kier molecular flexibility index (Phi) is 6.41. The van der Waals surface area contributed by atoms with Crippen LogP contribution in [0.3, 0.4) is 0 Å². The van der Waals surface area contributed by atoms with Crippen molar-refractivity contribution in [3.63, 3.8) is 0 Å². The fourth-order valence-electron chi connectivity index (χ4n) is 4.10. The van der Waals surface area contributed by atoms with Crippen LogP contribution in [-0.4, -0.2) is 55.1 Å². The van der Waals surface area contributed by atoms with Gasteiger partial charge in [-0.25, -0.2) is 4.79 Å². The minimum Gasteiger partial charge on any atom is -0.462 e. The molecule has 2 saturated heterocycles. The third-order valence-electron chi connectivity index (χ3n) is 5.44. The monoisotopic (exact) mass is 419 g/mol. The third-order valence-corrected chi connectivity index (χ3v) is 5.87. The van der Waals surface area contributed by atoms with Gasteiger partial charge in [0.15, 0.2) is 0 Å². The minimum atomic E-state index is -4.65. The number of ether oxygens (including phenoxy) is 1. The highest BCUT2D eigenvalue weighted by atomic mass is 35.5. The number of piperidine rings is 1. The first-order valence-electron chi connectivity index (χ1n) is 9.50. The predicted molar refractivity (Wildman–Crippen MR) is 101 cm³/mol. The first kappa shape index (κ1) is 21.2. The molecule has 2 atom stereocenters. The summed E-state index contributed by atoms with van der Waals surface area (Å²) in [5, 5.41) is -0.217. The number of nitrogen functional groups attached to an aromatic ring is 1. The van der Waals surface area contributed by atoms with Gasteiger partial charge in [0.25, 0.3) is 0 Å². The van der Waals surface area contributed by atoms with Crippen molar-refractivity contribution in [3.05, 3.63) is 27.8 Å². The Hall–Kier alpha value is -1.51. The molecular weight excluding hydrogens is 395 g/mol. The number of fused-ring (bicyclic) bond motifs is 2. The average molecular weight is 420 g/mol. The molecule has 5 nitrogen and oxygen atoms in total. The number of esters is 1. The van der Waals surface area contributed by atoms with Crippen molar-refractivity contribution in [1.82, 2.24) is 9.80 Å². The lowest BCUT2D eigenvalue weighted by molar-refractivity contribution is -0.138. The topological polar surface area (TPSA) is 58.8 Å². The van der Waals surface area contributed by atoms with Crippen LogP contribution in [0.1, 0.15) is 41.3 Å². The fraction of sp³-hybridized carbons (Fsp3) is 0.632. The molecule has 0 aromatic heterocycles. The number of carbonyl (C=O) groups is 1. The summed E-state index contributed by atoms with van der Waals surface area (Å²) >= 11 is 6.26. The van der Waals surface area contributed by atoms with Gasteiger partial charge in [-0.1, -0.05) is 11.6 Å². The lowest BCUT2D eigenvalue weighted by Crippen LogP contribution is -2.35. The molecule has 28 heavy (non-hydrogen) atoms. The van der Waals surface area contributed by atoms with Crippen LogP contribution in [-0.2, 0) is 17.5 Å². The molecule has 2 aliphatic heterocycles. The largest absolute Gasteiger partial charge is 0.462 e. The van der Waals surface area contributed by atoms with Gasteiger partial charge in [0.05, 0.1) is 28.4 Å². The average Bonchev–Trinajstić information content (AvgIpc) is 2.76. The van der Waals surface area contributed by atoms with Gasteiger partial charge in [0, 0.05) is 32.7 Å². The van der Waals surface area contributed by atoms with E-state index in [2.05, 4.69) is 4.90 Å². The molecule has 9 heteroatoms. The summed E-state index contributed by atoms with van der Waals surface area (Å²) < 4.78 is 46.1. The molecule has 0 aliphatic carbocycles. The highest BCUT2D eigenvalue weighted by Gasteiger charge is 2.38. The van der Waals surface area contributed by atoms with Gasteiger partial charge in [-0.2, -0.15) is 13.2 Å². The van der Waals surface area contributed by atoms with Gasteiger partial charge in [0.1, 0.15) is 0 Å².